The Morgan fingerprint density at radius 3 is 2.20 bits per heavy atom. The summed E-state index contributed by atoms with van der Waals surface area (Å²) in [5, 5.41) is 28.6. The van der Waals surface area contributed by atoms with Gasteiger partial charge in [-0.3, -0.25) is 0 Å². The van der Waals surface area contributed by atoms with Crippen molar-refractivity contribution in [1.29, 1.82) is 0 Å². The Hall–Kier alpha value is -1.22. The molecular weight excluding hydrogens is 192 g/mol. The van der Waals surface area contributed by atoms with Crippen LogP contribution in [0.1, 0.15) is 31.4 Å². The number of aryl methyl sites for hydroxylation is 1. The van der Waals surface area contributed by atoms with Gasteiger partial charge in [-0.15, -0.1) is 0 Å². The first-order chi connectivity index (χ1) is 7.06. The fraction of sp³-hybridized carbons (Fsp3) is 0.500. The second kappa shape index (κ2) is 5.03. The molecule has 1 aromatic carbocycles. The molecule has 0 spiro atoms. The van der Waals surface area contributed by atoms with Crippen LogP contribution >= 0.6 is 0 Å². The first-order valence-corrected chi connectivity index (χ1v) is 5.27. The van der Waals surface area contributed by atoms with Crippen LogP contribution in [0.2, 0.25) is 0 Å². The summed E-state index contributed by atoms with van der Waals surface area (Å²) in [6.07, 6.45) is 1.50. The van der Waals surface area contributed by atoms with Gasteiger partial charge < -0.3 is 15.3 Å². The summed E-state index contributed by atoms with van der Waals surface area (Å²) in [7, 11) is 0. The summed E-state index contributed by atoms with van der Waals surface area (Å²) >= 11 is 0. The number of aromatic hydroxyl groups is 2. The summed E-state index contributed by atoms with van der Waals surface area (Å²) in [5.41, 5.74) is 1.34. The van der Waals surface area contributed by atoms with E-state index in [2.05, 4.69) is 0 Å². The van der Waals surface area contributed by atoms with Gasteiger partial charge in [-0.05, 0) is 18.9 Å². The third kappa shape index (κ3) is 2.86. The van der Waals surface area contributed by atoms with Gasteiger partial charge in [0.15, 0.2) is 11.5 Å². The number of rotatable bonds is 4. The first kappa shape index (κ1) is 11.9. The number of benzene rings is 1. The van der Waals surface area contributed by atoms with E-state index in [0.29, 0.717) is 12.0 Å². The first-order valence-electron chi connectivity index (χ1n) is 5.27. The van der Waals surface area contributed by atoms with Gasteiger partial charge in [-0.25, -0.2) is 0 Å². The molecule has 3 nitrogen and oxygen atoms in total. The van der Waals surface area contributed by atoms with Crippen LogP contribution in [-0.2, 0) is 12.8 Å². The standard InChI is InChI=1S/C12H18O3/c1-3-4-9-5-6-10(7-8(2)13)12(15)11(9)14/h5-6,8,13-15H,3-4,7H2,1-2H3. The Morgan fingerprint density at radius 1 is 1.13 bits per heavy atom. The van der Waals surface area contributed by atoms with Crippen molar-refractivity contribution in [2.75, 3.05) is 0 Å². The fourth-order valence-electron chi connectivity index (χ4n) is 1.62. The fourth-order valence-corrected chi connectivity index (χ4v) is 1.62. The van der Waals surface area contributed by atoms with Crippen LogP contribution in [-0.4, -0.2) is 21.4 Å². The molecule has 0 aliphatic carbocycles. The topological polar surface area (TPSA) is 60.7 Å². The second-order valence-corrected chi connectivity index (χ2v) is 3.88. The molecule has 0 aliphatic rings. The van der Waals surface area contributed by atoms with E-state index in [9.17, 15) is 15.3 Å². The Balaban J connectivity index is 2.98. The molecule has 3 heteroatoms. The minimum atomic E-state index is -0.521. The molecule has 15 heavy (non-hydrogen) atoms. The van der Waals surface area contributed by atoms with E-state index in [0.717, 1.165) is 18.4 Å². The maximum atomic E-state index is 9.69. The zero-order chi connectivity index (χ0) is 11.4. The van der Waals surface area contributed by atoms with Gasteiger partial charge in [0.25, 0.3) is 0 Å². The van der Waals surface area contributed by atoms with Crippen molar-refractivity contribution >= 4 is 0 Å². The van der Waals surface area contributed by atoms with Crippen LogP contribution in [0, 0.1) is 0 Å². The quantitative estimate of drug-likeness (QED) is 0.666. The summed E-state index contributed by atoms with van der Waals surface area (Å²) in [6.45, 7) is 3.66. The molecule has 0 amide bonds. The highest BCUT2D eigenvalue weighted by atomic mass is 16.3. The molecule has 0 saturated heterocycles. The Morgan fingerprint density at radius 2 is 1.67 bits per heavy atom. The molecule has 1 rings (SSSR count). The number of hydrogen-bond acceptors (Lipinski definition) is 3. The SMILES string of the molecule is CCCc1ccc(CC(C)O)c(O)c1O. The molecule has 0 aliphatic heterocycles. The third-order valence-corrected chi connectivity index (χ3v) is 2.35. The van der Waals surface area contributed by atoms with E-state index in [-0.39, 0.29) is 11.5 Å². The highest BCUT2D eigenvalue weighted by Gasteiger charge is 2.12. The highest BCUT2D eigenvalue weighted by Crippen LogP contribution is 2.33. The van der Waals surface area contributed by atoms with E-state index in [1.807, 2.05) is 6.92 Å². The zero-order valence-electron chi connectivity index (χ0n) is 9.20. The molecule has 0 bridgehead atoms. The van der Waals surface area contributed by atoms with E-state index in [1.54, 1.807) is 19.1 Å². The molecular formula is C12H18O3. The maximum Gasteiger partial charge on any atom is 0.161 e. The summed E-state index contributed by atoms with van der Waals surface area (Å²) in [5.74, 6) is -0.142. The lowest BCUT2D eigenvalue weighted by Crippen LogP contribution is -2.04. The molecule has 84 valence electrons. The van der Waals surface area contributed by atoms with Gasteiger partial charge in [0.05, 0.1) is 6.10 Å². The molecule has 1 atom stereocenters. The largest absolute Gasteiger partial charge is 0.504 e. The third-order valence-electron chi connectivity index (χ3n) is 2.35. The lowest BCUT2D eigenvalue weighted by molar-refractivity contribution is 0.194. The predicted molar refractivity (Wildman–Crippen MR) is 59.2 cm³/mol. The van der Waals surface area contributed by atoms with Crippen LogP contribution in [0.15, 0.2) is 12.1 Å². The van der Waals surface area contributed by atoms with Crippen LogP contribution in [0.3, 0.4) is 0 Å². The van der Waals surface area contributed by atoms with Crippen molar-refractivity contribution in [1.82, 2.24) is 0 Å². The van der Waals surface area contributed by atoms with Crippen molar-refractivity contribution < 1.29 is 15.3 Å². The number of hydrogen-bond donors (Lipinski definition) is 3. The maximum absolute atomic E-state index is 9.69. The summed E-state index contributed by atoms with van der Waals surface area (Å²) in [6, 6.07) is 3.56. The van der Waals surface area contributed by atoms with Gasteiger partial charge in [0, 0.05) is 12.0 Å². The number of aliphatic hydroxyl groups excluding tert-OH is 1. The van der Waals surface area contributed by atoms with Crippen molar-refractivity contribution in [3.05, 3.63) is 23.3 Å². The van der Waals surface area contributed by atoms with Crippen molar-refractivity contribution in [3.8, 4) is 11.5 Å². The summed E-state index contributed by atoms with van der Waals surface area (Å²) in [4.78, 5) is 0. The average Bonchev–Trinajstić information content (AvgIpc) is 2.17. The van der Waals surface area contributed by atoms with E-state index < -0.39 is 6.10 Å². The Kier molecular flexibility index (Phi) is 3.97. The minimum Gasteiger partial charge on any atom is -0.504 e. The normalized spacial score (nSPS) is 12.7. The van der Waals surface area contributed by atoms with Crippen LogP contribution < -0.4 is 0 Å². The lowest BCUT2D eigenvalue weighted by Gasteiger charge is -2.11. The molecule has 0 saturated carbocycles. The second-order valence-electron chi connectivity index (χ2n) is 3.88. The van der Waals surface area contributed by atoms with Crippen molar-refractivity contribution in [2.24, 2.45) is 0 Å². The predicted octanol–water partition coefficient (Wildman–Crippen LogP) is 1.97. The molecule has 1 unspecified atom stereocenters. The van der Waals surface area contributed by atoms with Gasteiger partial charge >= 0.3 is 0 Å². The van der Waals surface area contributed by atoms with E-state index in [4.69, 9.17) is 0 Å². The summed E-state index contributed by atoms with van der Waals surface area (Å²) < 4.78 is 0. The average molecular weight is 210 g/mol. The zero-order valence-corrected chi connectivity index (χ0v) is 9.20. The molecule has 0 heterocycles. The number of phenolic OH excluding ortho intramolecular Hbond substituents is 2. The van der Waals surface area contributed by atoms with Gasteiger partial charge in [0.2, 0.25) is 0 Å². The molecule has 3 N–H and O–H groups in total. The van der Waals surface area contributed by atoms with Gasteiger partial charge in [0.1, 0.15) is 0 Å². The lowest BCUT2D eigenvalue weighted by atomic mass is 10.0. The Labute approximate surface area is 90.0 Å². The van der Waals surface area contributed by atoms with E-state index in [1.165, 1.54) is 0 Å². The number of aliphatic hydroxyl groups is 1. The van der Waals surface area contributed by atoms with Crippen molar-refractivity contribution in [2.45, 2.75) is 39.2 Å². The molecule has 0 radical (unpaired) electrons. The van der Waals surface area contributed by atoms with Crippen LogP contribution in [0.5, 0.6) is 11.5 Å². The Bertz CT molecular complexity index is 332. The van der Waals surface area contributed by atoms with Crippen molar-refractivity contribution in [3.63, 3.8) is 0 Å². The van der Waals surface area contributed by atoms with Gasteiger partial charge in [-0.1, -0.05) is 25.5 Å². The van der Waals surface area contributed by atoms with Gasteiger partial charge in [-0.2, -0.15) is 0 Å². The molecule has 0 aromatic heterocycles. The highest BCUT2D eigenvalue weighted by molar-refractivity contribution is 5.50. The smallest absolute Gasteiger partial charge is 0.161 e. The van der Waals surface area contributed by atoms with Crippen LogP contribution in [0.25, 0.3) is 0 Å². The van der Waals surface area contributed by atoms with E-state index >= 15 is 0 Å². The number of phenols is 2. The monoisotopic (exact) mass is 210 g/mol. The molecule has 0 fully saturated rings. The van der Waals surface area contributed by atoms with Crippen LogP contribution in [0.4, 0.5) is 0 Å². The minimum absolute atomic E-state index is 0.0463. The molecule has 1 aromatic rings.